The van der Waals surface area contributed by atoms with E-state index in [-0.39, 0.29) is 23.2 Å². The molecule has 0 atom stereocenters. The minimum Gasteiger partial charge on any atom is -0.409 e. The Bertz CT molecular complexity index is 555. The molecule has 1 fully saturated rings. The molecular weight excluding hydrogens is 278 g/mol. The summed E-state index contributed by atoms with van der Waals surface area (Å²) in [6, 6.07) is 1.26. The van der Waals surface area contributed by atoms with Crippen LogP contribution >= 0.6 is 0 Å². The lowest BCUT2D eigenvalue weighted by molar-refractivity contribution is -0.385. The molecule has 9 nitrogen and oxygen atoms in total. The fourth-order valence-electron chi connectivity index (χ4n) is 2.34. The normalized spacial score (nSPS) is 17.0. The molecule has 0 bridgehead atoms. The predicted molar refractivity (Wildman–Crippen MR) is 75.6 cm³/mol. The Morgan fingerprint density at radius 2 is 2.29 bits per heavy atom. The molecule has 1 aliphatic rings. The first kappa shape index (κ1) is 15.0. The van der Waals surface area contributed by atoms with Gasteiger partial charge in [0.2, 0.25) is 0 Å². The van der Waals surface area contributed by atoms with Gasteiger partial charge in [0.05, 0.1) is 16.6 Å². The third-order valence-corrected chi connectivity index (χ3v) is 3.52. The summed E-state index contributed by atoms with van der Waals surface area (Å²) in [5.74, 6) is 0.278. The maximum absolute atomic E-state index is 10.8. The van der Waals surface area contributed by atoms with Crippen molar-refractivity contribution < 1.29 is 14.9 Å². The lowest BCUT2D eigenvalue weighted by Gasteiger charge is -2.32. The summed E-state index contributed by atoms with van der Waals surface area (Å²) in [7, 11) is 1.67. The summed E-state index contributed by atoms with van der Waals surface area (Å²) >= 11 is 0. The number of pyridine rings is 1. The number of hydrogen-bond donors (Lipinski definition) is 2. The van der Waals surface area contributed by atoms with Gasteiger partial charge in [-0.25, -0.2) is 4.98 Å². The van der Waals surface area contributed by atoms with Gasteiger partial charge in [-0.1, -0.05) is 5.16 Å². The van der Waals surface area contributed by atoms with E-state index in [1.807, 2.05) is 4.90 Å². The van der Waals surface area contributed by atoms with Crippen LogP contribution in [0, 0.1) is 10.1 Å². The lowest BCUT2D eigenvalue weighted by Crippen LogP contribution is -2.38. The van der Waals surface area contributed by atoms with Gasteiger partial charge in [-0.15, -0.1) is 0 Å². The molecule has 0 unspecified atom stereocenters. The van der Waals surface area contributed by atoms with Crippen molar-refractivity contribution in [3.63, 3.8) is 0 Å². The van der Waals surface area contributed by atoms with Gasteiger partial charge >= 0.3 is 0 Å². The largest absolute Gasteiger partial charge is 0.409 e. The second-order valence-electron chi connectivity index (χ2n) is 4.73. The van der Waals surface area contributed by atoms with Gasteiger partial charge in [-0.3, -0.25) is 10.1 Å². The van der Waals surface area contributed by atoms with Crippen LogP contribution in [0.3, 0.4) is 0 Å². The molecule has 3 N–H and O–H groups in total. The summed E-state index contributed by atoms with van der Waals surface area (Å²) in [5.41, 5.74) is 5.66. The van der Waals surface area contributed by atoms with E-state index >= 15 is 0 Å². The Kier molecular flexibility index (Phi) is 4.53. The first-order chi connectivity index (χ1) is 10.1. The number of nitrogens with two attached hydrogens (primary N) is 1. The minimum absolute atomic E-state index is 0.199. The van der Waals surface area contributed by atoms with Crippen molar-refractivity contribution in [1.82, 2.24) is 4.98 Å². The second kappa shape index (κ2) is 6.35. The zero-order valence-electron chi connectivity index (χ0n) is 11.6. The van der Waals surface area contributed by atoms with Crippen molar-refractivity contribution >= 4 is 17.3 Å². The zero-order chi connectivity index (χ0) is 15.4. The van der Waals surface area contributed by atoms with Crippen molar-refractivity contribution in [2.24, 2.45) is 10.9 Å². The van der Waals surface area contributed by atoms with E-state index in [0.29, 0.717) is 18.9 Å². The van der Waals surface area contributed by atoms with E-state index in [1.54, 1.807) is 7.11 Å². The first-order valence-corrected chi connectivity index (χ1v) is 6.47. The summed E-state index contributed by atoms with van der Waals surface area (Å²) in [6.07, 6.45) is 3.02. The van der Waals surface area contributed by atoms with Crippen LogP contribution < -0.4 is 10.6 Å². The average molecular weight is 295 g/mol. The fourth-order valence-corrected chi connectivity index (χ4v) is 2.34. The summed E-state index contributed by atoms with van der Waals surface area (Å²) in [4.78, 5) is 16.3. The monoisotopic (exact) mass is 295 g/mol. The number of anilines is 1. The number of amidine groups is 1. The number of ether oxygens (including phenoxy) is 1. The quantitative estimate of drug-likeness (QED) is 0.275. The third kappa shape index (κ3) is 3.19. The van der Waals surface area contributed by atoms with Crippen LogP contribution in [-0.2, 0) is 4.74 Å². The molecule has 9 heteroatoms. The van der Waals surface area contributed by atoms with E-state index in [2.05, 4.69) is 10.1 Å². The van der Waals surface area contributed by atoms with Crippen LogP contribution in [0.5, 0.6) is 0 Å². The molecule has 0 aromatic carbocycles. The topological polar surface area (TPSA) is 127 Å². The molecule has 1 aromatic rings. The lowest BCUT2D eigenvalue weighted by atomic mass is 10.1. The van der Waals surface area contributed by atoms with Gasteiger partial charge in [0.1, 0.15) is 12.0 Å². The van der Waals surface area contributed by atoms with Crippen molar-refractivity contribution in [2.75, 3.05) is 25.1 Å². The van der Waals surface area contributed by atoms with Crippen molar-refractivity contribution in [3.8, 4) is 0 Å². The number of piperidine rings is 1. The van der Waals surface area contributed by atoms with Crippen molar-refractivity contribution in [1.29, 1.82) is 0 Å². The van der Waals surface area contributed by atoms with Gasteiger partial charge in [0, 0.05) is 26.3 Å². The standard InChI is InChI=1S/C12H17N5O4/c1-21-9-2-4-16(5-3-9)12-10(11(13)15-18)6-8(7-14-12)17(19)20/h6-7,9,18H,2-5H2,1H3,(H2,13,15). The summed E-state index contributed by atoms with van der Waals surface area (Å²) in [6.45, 7) is 1.38. The van der Waals surface area contributed by atoms with E-state index in [1.165, 1.54) is 12.3 Å². The van der Waals surface area contributed by atoms with Crippen molar-refractivity contribution in [3.05, 3.63) is 27.9 Å². The van der Waals surface area contributed by atoms with E-state index < -0.39 is 4.92 Å². The van der Waals surface area contributed by atoms with Gasteiger partial charge in [-0.2, -0.15) is 0 Å². The summed E-state index contributed by atoms with van der Waals surface area (Å²) in [5, 5.41) is 22.6. The number of oxime groups is 1. The highest BCUT2D eigenvalue weighted by atomic mass is 16.6. The highest BCUT2D eigenvalue weighted by molar-refractivity contribution is 6.01. The zero-order valence-corrected chi connectivity index (χ0v) is 11.6. The molecular formula is C12H17N5O4. The molecule has 0 radical (unpaired) electrons. The highest BCUT2D eigenvalue weighted by Crippen LogP contribution is 2.25. The van der Waals surface area contributed by atoms with Crippen molar-refractivity contribution in [2.45, 2.75) is 18.9 Å². The molecule has 0 aliphatic carbocycles. The highest BCUT2D eigenvalue weighted by Gasteiger charge is 2.24. The molecule has 114 valence electrons. The van der Waals surface area contributed by atoms with Crippen LogP contribution in [0.15, 0.2) is 17.4 Å². The number of nitro groups is 1. The number of aromatic nitrogens is 1. The Labute approximate surface area is 121 Å². The number of rotatable bonds is 4. The van der Waals surface area contributed by atoms with Gasteiger partial charge in [-0.05, 0) is 12.8 Å². The smallest absolute Gasteiger partial charge is 0.288 e. The van der Waals surface area contributed by atoms with Crippen LogP contribution in [0.2, 0.25) is 0 Å². The Morgan fingerprint density at radius 1 is 1.62 bits per heavy atom. The van der Waals surface area contributed by atoms with E-state index in [0.717, 1.165) is 12.8 Å². The number of methoxy groups -OCH3 is 1. The number of nitrogens with zero attached hydrogens (tertiary/aromatic N) is 4. The fraction of sp³-hybridized carbons (Fsp3) is 0.500. The molecule has 2 rings (SSSR count). The van der Waals surface area contributed by atoms with Crippen LogP contribution in [0.25, 0.3) is 0 Å². The Hall–Kier alpha value is -2.42. The molecule has 1 aromatic heterocycles. The van der Waals surface area contributed by atoms with E-state index in [4.69, 9.17) is 15.7 Å². The van der Waals surface area contributed by atoms with Crippen LogP contribution in [0.4, 0.5) is 11.5 Å². The Balaban J connectivity index is 2.32. The van der Waals surface area contributed by atoms with Gasteiger partial charge in [0.25, 0.3) is 5.69 Å². The Morgan fingerprint density at radius 3 is 2.81 bits per heavy atom. The minimum atomic E-state index is -0.567. The molecule has 0 spiro atoms. The second-order valence-corrected chi connectivity index (χ2v) is 4.73. The molecule has 1 aliphatic heterocycles. The summed E-state index contributed by atoms with van der Waals surface area (Å²) < 4.78 is 5.30. The number of hydrogen-bond acceptors (Lipinski definition) is 7. The van der Waals surface area contributed by atoms with E-state index in [9.17, 15) is 10.1 Å². The maximum atomic E-state index is 10.8. The third-order valence-electron chi connectivity index (χ3n) is 3.52. The molecule has 0 saturated carbocycles. The first-order valence-electron chi connectivity index (χ1n) is 6.47. The molecule has 1 saturated heterocycles. The predicted octanol–water partition coefficient (Wildman–Crippen LogP) is 0.699. The van der Waals surface area contributed by atoms with Gasteiger partial charge < -0.3 is 20.6 Å². The van der Waals surface area contributed by atoms with Crippen LogP contribution in [-0.4, -0.2) is 47.3 Å². The van der Waals surface area contributed by atoms with Crippen LogP contribution in [0.1, 0.15) is 18.4 Å². The molecule has 2 heterocycles. The molecule has 21 heavy (non-hydrogen) atoms. The van der Waals surface area contributed by atoms with Gasteiger partial charge in [0.15, 0.2) is 5.84 Å². The maximum Gasteiger partial charge on any atom is 0.288 e. The molecule has 0 amide bonds. The SMILES string of the molecule is COC1CCN(c2ncc([N+](=O)[O-])cc2C(N)=NO)CC1. The average Bonchev–Trinajstić information content (AvgIpc) is 2.53.